The number of fused-ring (bicyclic) bond motifs is 1. The zero-order valence-electron chi connectivity index (χ0n) is 28.6. The molecule has 4 aromatic rings. The fraction of sp³-hybridized carbons (Fsp3) is 0.447. The van der Waals surface area contributed by atoms with Gasteiger partial charge in [0.1, 0.15) is 6.04 Å². The van der Waals surface area contributed by atoms with E-state index in [0.29, 0.717) is 24.3 Å². The van der Waals surface area contributed by atoms with Crippen molar-refractivity contribution in [3.8, 4) is 0 Å². The Morgan fingerprint density at radius 3 is 2.29 bits per heavy atom. The quantitative estimate of drug-likeness (QED) is 0.225. The smallest absolute Gasteiger partial charge is 0.392 e. The van der Waals surface area contributed by atoms with Crippen LogP contribution in [-0.4, -0.2) is 80.8 Å². The number of carbonyl (C=O) groups is 2. The fourth-order valence-corrected chi connectivity index (χ4v) is 7.66. The minimum atomic E-state index is -5.03. The highest BCUT2D eigenvalue weighted by Crippen LogP contribution is 2.39. The highest BCUT2D eigenvalue weighted by atomic mass is 19.4. The number of likely N-dealkylation sites (tertiary alicyclic amines) is 2. The van der Waals surface area contributed by atoms with E-state index in [1.807, 2.05) is 77.4 Å². The first-order valence-corrected chi connectivity index (χ1v) is 17.7. The average Bonchev–Trinajstić information content (AvgIpc) is 3.78. The van der Waals surface area contributed by atoms with Crippen LogP contribution in [0.2, 0.25) is 0 Å². The summed E-state index contributed by atoms with van der Waals surface area (Å²) in [5, 5.41) is 12.2. The number of H-pyrrole nitrogens is 1. The largest absolute Gasteiger partial charge is 0.471 e. The van der Waals surface area contributed by atoms with E-state index < -0.39 is 30.3 Å². The predicted octanol–water partition coefficient (Wildman–Crippen LogP) is 4.87. The number of alkyl halides is 3. The van der Waals surface area contributed by atoms with Crippen LogP contribution >= 0.6 is 0 Å². The van der Waals surface area contributed by atoms with Gasteiger partial charge in [-0.25, -0.2) is 4.79 Å². The number of carbonyl (C=O) groups excluding carboxylic acids is 2. The second kappa shape index (κ2) is 15.2. The lowest BCUT2D eigenvalue weighted by atomic mass is 9.98. The van der Waals surface area contributed by atoms with Crippen molar-refractivity contribution < 1.29 is 37.3 Å². The first-order chi connectivity index (χ1) is 25.1. The van der Waals surface area contributed by atoms with Crippen LogP contribution in [0.3, 0.4) is 0 Å². The summed E-state index contributed by atoms with van der Waals surface area (Å²) >= 11 is 0. The second-order valence-corrected chi connectivity index (χ2v) is 13.8. The zero-order valence-corrected chi connectivity index (χ0v) is 28.6. The molecule has 11 nitrogen and oxygen atoms in total. The number of aliphatic hydroxyl groups is 1. The summed E-state index contributed by atoms with van der Waals surface area (Å²) in [5.74, 6) is -2.61. The van der Waals surface area contributed by atoms with Crippen molar-refractivity contribution in [2.75, 3.05) is 26.2 Å². The van der Waals surface area contributed by atoms with Gasteiger partial charge >= 0.3 is 17.8 Å². The third-order valence-corrected chi connectivity index (χ3v) is 10.4. The van der Waals surface area contributed by atoms with Gasteiger partial charge in [-0.1, -0.05) is 60.7 Å². The molecule has 14 heteroatoms. The first kappa shape index (κ1) is 35.9. The van der Waals surface area contributed by atoms with Gasteiger partial charge in [-0.15, -0.1) is 0 Å². The van der Waals surface area contributed by atoms with Crippen molar-refractivity contribution in [1.29, 1.82) is 0 Å². The summed E-state index contributed by atoms with van der Waals surface area (Å²) < 4.78 is 54.0. The third kappa shape index (κ3) is 7.80. The standard InChI is InChI=1S/C38H42F3N5O6/c39-38(40,41)36(49)45-17-3-6-32(45)34(48)42-21-24-7-13-27(14-8-24)35-51-29(20-33(52-35)26-11-9-25(23-47)10-12-26)22-44-18-15-28(16-19-44)46-31-5-2-1-4-30(31)43-37(46)50/h1-2,4-5,7-14,28-29,32-33,35,47H,3,6,15-23H2,(H,42,48)(H,43,50). The number of amides is 2. The Morgan fingerprint density at radius 1 is 0.885 bits per heavy atom. The summed E-state index contributed by atoms with van der Waals surface area (Å²) in [4.78, 5) is 43.3. The lowest BCUT2D eigenvalue weighted by molar-refractivity contribution is -0.253. The van der Waals surface area contributed by atoms with Gasteiger partial charge in [0, 0.05) is 50.7 Å². The van der Waals surface area contributed by atoms with Crippen LogP contribution in [-0.2, 0) is 32.2 Å². The number of imidazole rings is 1. The summed E-state index contributed by atoms with van der Waals surface area (Å²) in [6.07, 6.45) is -3.37. The molecule has 3 fully saturated rings. The molecule has 4 unspecified atom stereocenters. The molecule has 52 heavy (non-hydrogen) atoms. The van der Waals surface area contributed by atoms with E-state index in [9.17, 15) is 32.7 Å². The number of nitrogens with one attached hydrogen (secondary N) is 2. The summed E-state index contributed by atoms with van der Waals surface area (Å²) in [7, 11) is 0. The molecule has 3 aromatic carbocycles. The molecule has 1 aromatic heterocycles. The van der Waals surface area contributed by atoms with Gasteiger partial charge in [0.05, 0.1) is 29.8 Å². The maximum absolute atomic E-state index is 13.0. The first-order valence-electron chi connectivity index (χ1n) is 17.7. The van der Waals surface area contributed by atoms with Crippen LogP contribution in [0.5, 0.6) is 0 Å². The molecule has 0 radical (unpaired) electrons. The summed E-state index contributed by atoms with van der Waals surface area (Å²) in [6.45, 7) is 2.21. The van der Waals surface area contributed by atoms with E-state index in [4.69, 9.17) is 9.47 Å². The third-order valence-electron chi connectivity index (χ3n) is 10.4. The predicted molar refractivity (Wildman–Crippen MR) is 185 cm³/mol. The van der Waals surface area contributed by atoms with Crippen molar-refractivity contribution in [2.24, 2.45) is 0 Å². The van der Waals surface area contributed by atoms with Crippen molar-refractivity contribution in [3.63, 3.8) is 0 Å². The highest BCUT2D eigenvalue weighted by molar-refractivity contribution is 5.90. The Kier molecular flexibility index (Phi) is 10.5. The highest BCUT2D eigenvalue weighted by Gasteiger charge is 2.47. The number of ether oxygens (including phenoxy) is 2. The summed E-state index contributed by atoms with van der Waals surface area (Å²) in [6, 6.07) is 21.7. The molecule has 3 saturated heterocycles. The minimum absolute atomic E-state index is 0.0574. The van der Waals surface area contributed by atoms with Gasteiger partial charge in [0.15, 0.2) is 6.29 Å². The summed E-state index contributed by atoms with van der Waals surface area (Å²) in [5.41, 5.74) is 4.94. The Labute approximate surface area is 298 Å². The van der Waals surface area contributed by atoms with Crippen LogP contribution in [0, 0.1) is 0 Å². The monoisotopic (exact) mass is 721 g/mol. The maximum Gasteiger partial charge on any atom is 0.471 e. The Hall–Kier alpha value is -4.50. The molecular formula is C38H42F3N5O6. The Balaban J connectivity index is 1.000. The normalized spacial score (nSPS) is 23.3. The molecule has 0 aliphatic carbocycles. The number of hydrogen-bond acceptors (Lipinski definition) is 7. The number of rotatable bonds is 9. The molecular weight excluding hydrogens is 679 g/mol. The average molecular weight is 722 g/mol. The number of nitrogens with zero attached hydrogens (tertiary/aromatic N) is 3. The Bertz CT molecular complexity index is 1920. The zero-order chi connectivity index (χ0) is 36.4. The molecule has 0 bridgehead atoms. The molecule has 3 aliphatic heterocycles. The van der Waals surface area contributed by atoms with E-state index in [0.717, 1.165) is 59.2 Å². The number of halogens is 3. The number of piperidine rings is 1. The Morgan fingerprint density at radius 2 is 1.58 bits per heavy atom. The van der Waals surface area contributed by atoms with E-state index >= 15 is 0 Å². The van der Waals surface area contributed by atoms with Crippen LogP contribution in [0.25, 0.3) is 11.0 Å². The van der Waals surface area contributed by atoms with Crippen molar-refractivity contribution in [3.05, 3.63) is 106 Å². The SMILES string of the molecule is O=C(NCc1ccc(C2OC(CN3CCC(n4c(=O)[nH]c5ccccc54)CC3)CC(c3ccc(CO)cc3)O2)cc1)C1CCCN1C(=O)C(F)(F)F. The number of aromatic amines is 1. The van der Waals surface area contributed by atoms with Crippen LogP contribution in [0.1, 0.15) is 72.8 Å². The van der Waals surface area contributed by atoms with Crippen molar-refractivity contribution >= 4 is 22.8 Å². The molecule has 3 N–H and O–H groups in total. The van der Waals surface area contributed by atoms with Crippen LogP contribution in [0.15, 0.2) is 77.6 Å². The molecule has 276 valence electrons. The van der Waals surface area contributed by atoms with Gasteiger partial charge in [-0.3, -0.25) is 14.2 Å². The lowest BCUT2D eigenvalue weighted by Gasteiger charge is -2.40. The molecule has 0 saturated carbocycles. The van der Waals surface area contributed by atoms with Crippen molar-refractivity contribution in [2.45, 2.75) is 82.0 Å². The number of hydrogen-bond donors (Lipinski definition) is 3. The number of aliphatic hydroxyl groups excluding tert-OH is 1. The molecule has 2 amide bonds. The molecule has 7 rings (SSSR count). The maximum atomic E-state index is 13.0. The van der Waals surface area contributed by atoms with Crippen LogP contribution in [0.4, 0.5) is 13.2 Å². The topological polar surface area (TPSA) is 129 Å². The van der Waals surface area contributed by atoms with Gasteiger partial charge in [0.25, 0.3) is 0 Å². The van der Waals surface area contributed by atoms with E-state index in [1.54, 1.807) is 0 Å². The number of aromatic nitrogens is 2. The second-order valence-electron chi connectivity index (χ2n) is 13.8. The van der Waals surface area contributed by atoms with Gasteiger partial charge in [-0.2, -0.15) is 13.2 Å². The number of para-hydroxylation sites is 2. The minimum Gasteiger partial charge on any atom is -0.392 e. The van der Waals surface area contributed by atoms with Crippen molar-refractivity contribution in [1.82, 2.24) is 24.7 Å². The van der Waals surface area contributed by atoms with Gasteiger partial charge < -0.3 is 34.7 Å². The molecule has 4 atom stereocenters. The van der Waals surface area contributed by atoms with E-state index in [1.165, 1.54) is 0 Å². The molecule has 4 heterocycles. The molecule has 3 aliphatic rings. The molecule has 0 spiro atoms. The van der Waals surface area contributed by atoms with Gasteiger partial charge in [0.2, 0.25) is 5.91 Å². The van der Waals surface area contributed by atoms with E-state index in [2.05, 4.69) is 15.2 Å². The lowest BCUT2D eigenvalue weighted by Crippen LogP contribution is -2.50. The number of benzene rings is 3. The van der Waals surface area contributed by atoms with E-state index in [-0.39, 0.29) is 50.1 Å². The van der Waals surface area contributed by atoms with Crippen LogP contribution < -0.4 is 11.0 Å². The fourth-order valence-electron chi connectivity index (χ4n) is 7.66. The van der Waals surface area contributed by atoms with Gasteiger partial charge in [-0.05, 0) is 54.5 Å².